The largest absolute Gasteiger partial charge is 0.487 e. The van der Waals surface area contributed by atoms with E-state index in [1.54, 1.807) is 25.1 Å². The van der Waals surface area contributed by atoms with E-state index in [1.165, 1.54) is 22.5 Å². The van der Waals surface area contributed by atoms with Crippen molar-refractivity contribution in [2.75, 3.05) is 10.8 Å². The van der Waals surface area contributed by atoms with Gasteiger partial charge in [-0.15, -0.1) is 6.58 Å². The first kappa shape index (κ1) is 24.3. The molecule has 2 aromatic carbocycles. The van der Waals surface area contributed by atoms with Crippen LogP contribution >= 0.6 is 0 Å². The first-order valence-corrected chi connectivity index (χ1v) is 12.7. The van der Waals surface area contributed by atoms with Crippen molar-refractivity contribution in [1.29, 1.82) is 0 Å². The van der Waals surface area contributed by atoms with E-state index in [-0.39, 0.29) is 18.2 Å². The number of aliphatic carboxylic acids is 1. The zero-order valence-electron chi connectivity index (χ0n) is 19.4. The van der Waals surface area contributed by atoms with Crippen molar-refractivity contribution in [3.8, 4) is 5.75 Å². The van der Waals surface area contributed by atoms with Crippen molar-refractivity contribution in [2.45, 2.75) is 37.9 Å². The number of sulfonamides is 1. The highest BCUT2D eigenvalue weighted by atomic mass is 32.2. The molecular weight excluding hydrogens is 466 g/mol. The lowest BCUT2D eigenvalue weighted by Gasteiger charge is -2.25. The number of nitrogens with zero attached hydrogens (tertiary/aromatic N) is 1. The first-order valence-electron chi connectivity index (χ1n) is 11.3. The van der Waals surface area contributed by atoms with Crippen LogP contribution in [0, 0.1) is 6.92 Å². The van der Waals surface area contributed by atoms with Gasteiger partial charge in [0.05, 0.1) is 12.2 Å². The molecule has 0 bridgehead atoms. The summed E-state index contributed by atoms with van der Waals surface area (Å²) in [4.78, 5) is 10.7. The Balaban J connectivity index is 1.66. The van der Waals surface area contributed by atoms with E-state index in [4.69, 9.17) is 14.3 Å². The van der Waals surface area contributed by atoms with E-state index >= 15 is 0 Å². The standard InChI is InChI=1S/C27H27NO6S/c1-3-15-28(35(31,32)27-14-7-19(2)34-27)24-16-22-5-4-6-23(22)17-25(24)33-18-21-10-8-20(9-11-21)12-13-26(29)30/h3,7-14,16-17H,1,4-6,15,18H2,2H3,(H,29,30)/b13-12+. The average Bonchev–Trinajstić information content (AvgIpc) is 3.48. The molecule has 0 saturated carbocycles. The number of anilines is 1. The fraction of sp³-hybridized carbons (Fsp3) is 0.222. The molecule has 1 heterocycles. The molecule has 182 valence electrons. The zero-order chi connectivity index (χ0) is 25.0. The maximum atomic E-state index is 13.5. The summed E-state index contributed by atoms with van der Waals surface area (Å²) < 4.78 is 39.9. The Morgan fingerprint density at radius 2 is 1.86 bits per heavy atom. The fourth-order valence-corrected chi connectivity index (χ4v) is 5.45. The Labute approximate surface area is 205 Å². The monoisotopic (exact) mass is 493 g/mol. The zero-order valence-corrected chi connectivity index (χ0v) is 20.3. The molecule has 4 rings (SSSR count). The molecule has 1 aliphatic rings. The Kier molecular flexibility index (Phi) is 7.12. The van der Waals surface area contributed by atoms with Gasteiger partial charge in [-0.25, -0.2) is 4.79 Å². The normalized spacial score (nSPS) is 13.1. The lowest BCUT2D eigenvalue weighted by atomic mass is 10.1. The molecule has 0 radical (unpaired) electrons. The van der Waals surface area contributed by atoms with Gasteiger partial charge in [0, 0.05) is 6.08 Å². The predicted molar refractivity (Wildman–Crippen MR) is 134 cm³/mol. The summed E-state index contributed by atoms with van der Waals surface area (Å²) in [5.41, 5.74) is 4.33. The molecule has 0 unspecified atom stereocenters. The summed E-state index contributed by atoms with van der Waals surface area (Å²) in [6.45, 7) is 5.72. The Morgan fingerprint density at radius 3 is 2.49 bits per heavy atom. The van der Waals surface area contributed by atoms with Crippen molar-refractivity contribution >= 4 is 27.8 Å². The minimum absolute atomic E-state index is 0.0574. The number of rotatable bonds is 10. The summed E-state index contributed by atoms with van der Waals surface area (Å²) >= 11 is 0. The van der Waals surface area contributed by atoms with Crippen LogP contribution in [0.2, 0.25) is 0 Å². The molecule has 1 N–H and O–H groups in total. The van der Waals surface area contributed by atoms with Crippen LogP contribution in [-0.4, -0.2) is 26.0 Å². The van der Waals surface area contributed by atoms with Crippen LogP contribution in [0.4, 0.5) is 5.69 Å². The predicted octanol–water partition coefficient (Wildman–Crippen LogP) is 5.13. The number of benzene rings is 2. The summed E-state index contributed by atoms with van der Waals surface area (Å²) in [7, 11) is -3.98. The van der Waals surface area contributed by atoms with Crippen LogP contribution in [-0.2, 0) is 34.3 Å². The molecule has 1 aromatic heterocycles. The highest BCUT2D eigenvalue weighted by molar-refractivity contribution is 7.92. The highest BCUT2D eigenvalue weighted by Crippen LogP contribution is 2.39. The van der Waals surface area contributed by atoms with E-state index in [2.05, 4.69) is 6.58 Å². The number of hydrogen-bond acceptors (Lipinski definition) is 5. The molecule has 0 spiro atoms. The van der Waals surface area contributed by atoms with E-state index < -0.39 is 16.0 Å². The van der Waals surface area contributed by atoms with E-state index in [9.17, 15) is 13.2 Å². The van der Waals surface area contributed by atoms with Crippen molar-refractivity contribution in [3.05, 3.63) is 95.3 Å². The molecule has 1 aliphatic carbocycles. The smallest absolute Gasteiger partial charge is 0.328 e. The number of aryl methyl sites for hydroxylation is 3. The van der Waals surface area contributed by atoms with Gasteiger partial charge < -0.3 is 14.3 Å². The van der Waals surface area contributed by atoms with E-state index in [1.807, 2.05) is 24.3 Å². The van der Waals surface area contributed by atoms with Crippen LogP contribution in [0.25, 0.3) is 6.08 Å². The van der Waals surface area contributed by atoms with Crippen molar-refractivity contribution in [2.24, 2.45) is 0 Å². The number of fused-ring (bicyclic) bond motifs is 1. The summed E-state index contributed by atoms with van der Waals surface area (Å²) in [5.74, 6) is -0.0336. The minimum Gasteiger partial charge on any atom is -0.487 e. The lowest BCUT2D eigenvalue weighted by molar-refractivity contribution is -0.131. The summed E-state index contributed by atoms with van der Waals surface area (Å²) in [6, 6.07) is 14.2. The first-order chi connectivity index (χ1) is 16.8. The molecule has 35 heavy (non-hydrogen) atoms. The topological polar surface area (TPSA) is 97.0 Å². The number of hydrogen-bond donors (Lipinski definition) is 1. The maximum Gasteiger partial charge on any atom is 0.328 e. The molecule has 7 nitrogen and oxygen atoms in total. The van der Waals surface area contributed by atoms with E-state index in [0.717, 1.165) is 47.6 Å². The SMILES string of the molecule is C=CCN(c1cc2c(cc1OCc1ccc(/C=C/C(=O)O)cc1)CCC2)S(=O)(=O)c1ccc(C)o1. The number of ether oxygens (including phenoxy) is 1. The van der Waals surface area contributed by atoms with Gasteiger partial charge in [0.2, 0.25) is 5.09 Å². The van der Waals surface area contributed by atoms with Crippen molar-refractivity contribution in [3.63, 3.8) is 0 Å². The van der Waals surface area contributed by atoms with Gasteiger partial charge in [0.1, 0.15) is 18.1 Å². The second-order valence-electron chi connectivity index (χ2n) is 8.33. The maximum absolute atomic E-state index is 13.5. The average molecular weight is 494 g/mol. The molecule has 0 atom stereocenters. The molecular formula is C27H27NO6S. The van der Waals surface area contributed by atoms with Gasteiger partial charge in [0.25, 0.3) is 10.0 Å². The second kappa shape index (κ2) is 10.2. The van der Waals surface area contributed by atoms with Gasteiger partial charge in [-0.05, 0) is 78.8 Å². The third-order valence-corrected chi connectivity index (χ3v) is 7.44. The van der Waals surface area contributed by atoms with E-state index in [0.29, 0.717) is 17.2 Å². The highest BCUT2D eigenvalue weighted by Gasteiger charge is 2.31. The Bertz CT molecular complexity index is 1370. The third kappa shape index (κ3) is 5.49. The van der Waals surface area contributed by atoms with Crippen molar-refractivity contribution < 1.29 is 27.5 Å². The van der Waals surface area contributed by atoms with Gasteiger partial charge in [0.15, 0.2) is 0 Å². The molecule has 0 amide bonds. The third-order valence-electron chi connectivity index (χ3n) is 5.79. The summed E-state index contributed by atoms with van der Waals surface area (Å²) in [6.07, 6.45) is 6.94. The summed E-state index contributed by atoms with van der Waals surface area (Å²) in [5, 5.41) is 8.65. The number of furan rings is 1. The fourth-order valence-electron chi connectivity index (χ4n) is 4.06. The molecule has 0 fully saturated rings. The number of carboxylic acid groups (broad SMARTS) is 1. The van der Waals surface area contributed by atoms with Crippen LogP contribution in [0.1, 0.15) is 34.4 Å². The van der Waals surface area contributed by atoms with Gasteiger partial charge in [-0.2, -0.15) is 8.42 Å². The van der Waals surface area contributed by atoms with Gasteiger partial charge in [-0.1, -0.05) is 30.3 Å². The molecule has 3 aromatic rings. The molecule has 8 heteroatoms. The van der Waals surface area contributed by atoms with Gasteiger partial charge in [-0.3, -0.25) is 4.31 Å². The Hall–Kier alpha value is -3.78. The van der Waals surface area contributed by atoms with Crippen LogP contribution in [0.3, 0.4) is 0 Å². The second-order valence-corrected chi connectivity index (χ2v) is 10.1. The quantitative estimate of drug-likeness (QED) is 0.310. The Morgan fingerprint density at radius 1 is 1.14 bits per heavy atom. The van der Waals surface area contributed by atoms with Crippen molar-refractivity contribution in [1.82, 2.24) is 0 Å². The minimum atomic E-state index is -3.98. The van der Waals surface area contributed by atoms with Gasteiger partial charge >= 0.3 is 5.97 Å². The van der Waals surface area contributed by atoms with Crippen LogP contribution in [0.5, 0.6) is 5.75 Å². The molecule has 0 saturated heterocycles. The van der Waals surface area contributed by atoms with Crippen LogP contribution < -0.4 is 9.04 Å². The molecule has 0 aliphatic heterocycles. The number of carboxylic acids is 1. The van der Waals surface area contributed by atoms with Crippen LogP contribution in [0.15, 0.2) is 76.8 Å². The number of carbonyl (C=O) groups is 1. The lowest BCUT2D eigenvalue weighted by Crippen LogP contribution is -2.31.